The molecule has 0 bridgehead atoms. The third-order valence-electron chi connectivity index (χ3n) is 5.47. The number of morpholine rings is 1. The summed E-state index contributed by atoms with van der Waals surface area (Å²) in [6.45, 7) is 2.45. The smallest absolute Gasteiger partial charge is 0.337 e. The first-order chi connectivity index (χ1) is 15.6. The van der Waals surface area contributed by atoms with Gasteiger partial charge in [0.2, 0.25) is 0 Å². The van der Waals surface area contributed by atoms with Crippen LogP contribution in [0.15, 0.2) is 60.3 Å². The van der Waals surface area contributed by atoms with E-state index in [9.17, 15) is 14.9 Å². The largest absolute Gasteiger partial charge is 0.465 e. The predicted molar refractivity (Wildman–Crippen MR) is 120 cm³/mol. The molecule has 0 saturated carbocycles. The Balaban J connectivity index is 1.69. The van der Waals surface area contributed by atoms with Crippen LogP contribution in [0.4, 0.5) is 0 Å². The van der Waals surface area contributed by atoms with E-state index in [1.54, 1.807) is 23.1 Å². The zero-order valence-electron chi connectivity index (χ0n) is 17.8. The number of esters is 1. The van der Waals surface area contributed by atoms with Crippen molar-refractivity contribution in [1.82, 2.24) is 9.47 Å². The summed E-state index contributed by atoms with van der Waals surface area (Å²) in [6, 6.07) is 17.2. The highest BCUT2D eigenvalue weighted by Gasteiger charge is 2.21. The number of benzene rings is 2. The van der Waals surface area contributed by atoms with E-state index in [1.807, 2.05) is 47.2 Å². The maximum Gasteiger partial charge on any atom is 0.337 e. The minimum absolute atomic E-state index is 0.0995. The lowest BCUT2D eigenvalue weighted by Gasteiger charge is -2.26. The predicted octanol–water partition coefficient (Wildman–Crippen LogP) is 3.24. The summed E-state index contributed by atoms with van der Waals surface area (Å²) in [5.41, 5.74) is 3.29. The van der Waals surface area contributed by atoms with Crippen molar-refractivity contribution in [3.05, 3.63) is 77.0 Å². The SMILES string of the molecule is COC(=O)c1cccc(Cn2cc(/C=C(/C#N)C(=O)N3CCOCC3)c3ccccc32)c1. The highest BCUT2D eigenvalue weighted by atomic mass is 16.5. The van der Waals surface area contributed by atoms with Crippen molar-refractivity contribution >= 4 is 28.9 Å². The molecule has 1 aromatic heterocycles. The van der Waals surface area contributed by atoms with E-state index >= 15 is 0 Å². The van der Waals surface area contributed by atoms with E-state index in [0.717, 1.165) is 22.0 Å². The number of fused-ring (bicyclic) bond motifs is 1. The van der Waals surface area contributed by atoms with Crippen molar-refractivity contribution < 1.29 is 19.1 Å². The minimum Gasteiger partial charge on any atom is -0.465 e. The molecule has 1 amide bonds. The average molecular weight is 429 g/mol. The number of carbonyl (C=O) groups is 2. The minimum atomic E-state index is -0.381. The van der Waals surface area contributed by atoms with Crippen LogP contribution in [0.3, 0.4) is 0 Å². The molecule has 0 unspecified atom stereocenters. The molecule has 7 nitrogen and oxygen atoms in total. The number of hydrogen-bond acceptors (Lipinski definition) is 5. The summed E-state index contributed by atoms with van der Waals surface area (Å²) in [5.74, 6) is -0.661. The average Bonchev–Trinajstić information content (AvgIpc) is 3.19. The van der Waals surface area contributed by atoms with Gasteiger partial charge in [-0.05, 0) is 29.8 Å². The molecule has 1 fully saturated rings. The van der Waals surface area contributed by atoms with E-state index < -0.39 is 0 Å². The van der Waals surface area contributed by atoms with Gasteiger partial charge in [0.05, 0.1) is 25.9 Å². The van der Waals surface area contributed by atoms with Crippen LogP contribution in [0.1, 0.15) is 21.5 Å². The third kappa shape index (κ3) is 4.41. The van der Waals surface area contributed by atoms with E-state index in [0.29, 0.717) is 38.4 Å². The Kier molecular flexibility index (Phi) is 6.34. The lowest BCUT2D eigenvalue weighted by molar-refractivity contribution is -0.130. The number of nitriles is 1. The van der Waals surface area contributed by atoms with Crippen LogP contribution in [-0.2, 0) is 20.8 Å². The van der Waals surface area contributed by atoms with Gasteiger partial charge < -0.3 is 18.9 Å². The number of amides is 1. The number of carbonyl (C=O) groups excluding carboxylic acids is 2. The van der Waals surface area contributed by atoms with Gasteiger partial charge in [-0.3, -0.25) is 4.79 Å². The summed E-state index contributed by atoms with van der Waals surface area (Å²) < 4.78 is 12.2. The molecule has 3 aromatic rings. The fourth-order valence-electron chi connectivity index (χ4n) is 3.87. The Morgan fingerprint density at radius 1 is 1.16 bits per heavy atom. The molecular weight excluding hydrogens is 406 g/mol. The van der Waals surface area contributed by atoms with E-state index in [1.165, 1.54) is 7.11 Å². The second-order valence-corrected chi connectivity index (χ2v) is 7.50. The molecule has 32 heavy (non-hydrogen) atoms. The number of rotatable bonds is 5. The van der Waals surface area contributed by atoms with Crippen LogP contribution in [0, 0.1) is 11.3 Å². The molecule has 1 saturated heterocycles. The van der Waals surface area contributed by atoms with Crippen molar-refractivity contribution in [2.75, 3.05) is 33.4 Å². The quantitative estimate of drug-likeness (QED) is 0.353. The maximum atomic E-state index is 12.8. The van der Waals surface area contributed by atoms with Crippen molar-refractivity contribution in [3.63, 3.8) is 0 Å². The van der Waals surface area contributed by atoms with Crippen molar-refractivity contribution in [2.24, 2.45) is 0 Å². The Bertz CT molecular complexity index is 1230. The topological polar surface area (TPSA) is 84.6 Å². The summed E-state index contributed by atoms with van der Waals surface area (Å²) >= 11 is 0. The Morgan fingerprint density at radius 3 is 2.69 bits per heavy atom. The van der Waals surface area contributed by atoms with E-state index in [-0.39, 0.29) is 17.4 Å². The number of hydrogen-bond donors (Lipinski definition) is 0. The van der Waals surface area contributed by atoms with Crippen LogP contribution in [0.5, 0.6) is 0 Å². The fraction of sp³-hybridized carbons (Fsp3) is 0.240. The number of methoxy groups -OCH3 is 1. The van der Waals surface area contributed by atoms with Gasteiger partial charge in [-0.1, -0.05) is 30.3 Å². The molecular formula is C25H23N3O4. The lowest BCUT2D eigenvalue weighted by atomic mass is 10.1. The van der Waals surface area contributed by atoms with Crippen LogP contribution >= 0.6 is 0 Å². The maximum absolute atomic E-state index is 12.8. The molecule has 7 heteroatoms. The van der Waals surface area contributed by atoms with Gasteiger partial charge in [0.15, 0.2) is 0 Å². The van der Waals surface area contributed by atoms with Gasteiger partial charge in [0.1, 0.15) is 11.6 Å². The Labute approximate surface area is 186 Å². The monoisotopic (exact) mass is 429 g/mol. The third-order valence-corrected chi connectivity index (χ3v) is 5.47. The zero-order chi connectivity index (χ0) is 22.5. The molecule has 0 radical (unpaired) electrons. The first-order valence-corrected chi connectivity index (χ1v) is 10.3. The molecule has 1 aliphatic rings. The molecule has 0 N–H and O–H groups in total. The van der Waals surface area contributed by atoms with Gasteiger partial charge >= 0.3 is 5.97 Å². The molecule has 1 aliphatic heterocycles. The summed E-state index contributed by atoms with van der Waals surface area (Å²) in [4.78, 5) is 26.3. The molecule has 0 spiro atoms. The van der Waals surface area contributed by atoms with Crippen LogP contribution in [-0.4, -0.2) is 54.8 Å². The number of ether oxygens (including phenoxy) is 2. The van der Waals surface area contributed by atoms with E-state index in [2.05, 4.69) is 6.07 Å². The van der Waals surface area contributed by atoms with Crippen LogP contribution in [0.2, 0.25) is 0 Å². The van der Waals surface area contributed by atoms with Crippen molar-refractivity contribution in [3.8, 4) is 6.07 Å². The first-order valence-electron chi connectivity index (χ1n) is 10.3. The highest BCUT2D eigenvalue weighted by Crippen LogP contribution is 2.25. The number of nitrogens with zero attached hydrogens (tertiary/aromatic N) is 3. The summed E-state index contributed by atoms with van der Waals surface area (Å²) in [5, 5.41) is 10.6. The molecule has 2 heterocycles. The first kappa shape index (κ1) is 21.3. The van der Waals surface area contributed by atoms with Crippen LogP contribution in [0.25, 0.3) is 17.0 Å². The zero-order valence-corrected chi connectivity index (χ0v) is 17.8. The summed E-state index contributed by atoms with van der Waals surface area (Å²) in [7, 11) is 1.36. The molecule has 0 aliphatic carbocycles. The number of aromatic nitrogens is 1. The number of para-hydroxylation sites is 1. The van der Waals surface area contributed by atoms with Crippen molar-refractivity contribution in [1.29, 1.82) is 5.26 Å². The molecule has 162 valence electrons. The molecule has 0 atom stereocenters. The normalized spacial score (nSPS) is 14.2. The molecule has 2 aromatic carbocycles. The van der Waals surface area contributed by atoms with Gasteiger partial charge in [0, 0.05) is 42.3 Å². The second-order valence-electron chi connectivity index (χ2n) is 7.50. The Hall–Kier alpha value is -3.89. The van der Waals surface area contributed by atoms with Gasteiger partial charge in [0.25, 0.3) is 5.91 Å². The Morgan fingerprint density at radius 2 is 1.94 bits per heavy atom. The standard InChI is InChI=1S/C25H23N3O4/c1-31-25(30)19-6-4-5-18(13-19)16-28-17-21(22-7-2-3-8-23(22)28)14-20(15-26)24(29)27-9-11-32-12-10-27/h2-8,13-14,17H,9-12,16H2,1H3/b20-14-. The van der Waals surface area contributed by atoms with Gasteiger partial charge in [-0.2, -0.15) is 5.26 Å². The van der Waals surface area contributed by atoms with Crippen molar-refractivity contribution in [2.45, 2.75) is 6.54 Å². The fourth-order valence-corrected chi connectivity index (χ4v) is 3.87. The van der Waals surface area contributed by atoms with Crippen LogP contribution < -0.4 is 0 Å². The highest BCUT2D eigenvalue weighted by molar-refractivity contribution is 6.04. The summed E-state index contributed by atoms with van der Waals surface area (Å²) in [6.07, 6.45) is 3.58. The molecule has 4 rings (SSSR count). The van der Waals surface area contributed by atoms with E-state index in [4.69, 9.17) is 9.47 Å². The van der Waals surface area contributed by atoms with Gasteiger partial charge in [-0.25, -0.2) is 4.79 Å². The second kappa shape index (κ2) is 9.50. The lowest BCUT2D eigenvalue weighted by Crippen LogP contribution is -2.41. The van der Waals surface area contributed by atoms with Gasteiger partial charge in [-0.15, -0.1) is 0 Å².